The topological polar surface area (TPSA) is 70.2 Å². The summed E-state index contributed by atoms with van der Waals surface area (Å²) in [5.41, 5.74) is 0.790. The van der Waals surface area contributed by atoms with Crippen molar-refractivity contribution in [1.29, 1.82) is 0 Å². The summed E-state index contributed by atoms with van der Waals surface area (Å²) < 4.78 is 12.8. The van der Waals surface area contributed by atoms with Gasteiger partial charge >= 0.3 is 0 Å². The lowest BCUT2D eigenvalue weighted by Gasteiger charge is -2.16. The van der Waals surface area contributed by atoms with E-state index in [1.165, 1.54) is 12.1 Å². The van der Waals surface area contributed by atoms with Crippen molar-refractivity contribution in [2.45, 2.75) is 25.8 Å². The van der Waals surface area contributed by atoms with E-state index < -0.39 is 6.04 Å². The number of halogens is 1. The summed E-state index contributed by atoms with van der Waals surface area (Å²) in [6.07, 6.45) is 1.66. The van der Waals surface area contributed by atoms with Crippen molar-refractivity contribution in [2.24, 2.45) is 0 Å². The number of hydrogen-bond donors (Lipinski definition) is 3. The number of nitrogens with one attached hydrogen (secondary N) is 3. The van der Waals surface area contributed by atoms with Crippen molar-refractivity contribution in [3.8, 4) is 0 Å². The molecule has 5 nitrogen and oxygen atoms in total. The molecular formula is C15H22FN3O2. The van der Waals surface area contributed by atoms with E-state index in [1.807, 2.05) is 6.92 Å². The lowest BCUT2D eigenvalue weighted by atomic mass is 10.1. The Kier molecular flexibility index (Phi) is 8.04. The third-order valence-electron chi connectivity index (χ3n) is 3.02. The zero-order valence-electron chi connectivity index (χ0n) is 12.2. The number of carbonyl (C=O) groups is 2. The fourth-order valence-corrected chi connectivity index (χ4v) is 1.89. The van der Waals surface area contributed by atoms with Crippen LogP contribution in [0.5, 0.6) is 0 Å². The van der Waals surface area contributed by atoms with Gasteiger partial charge in [0.15, 0.2) is 0 Å². The predicted octanol–water partition coefficient (Wildman–Crippen LogP) is 0.599. The van der Waals surface area contributed by atoms with Crippen molar-refractivity contribution in [3.63, 3.8) is 0 Å². The van der Waals surface area contributed by atoms with E-state index in [2.05, 4.69) is 16.0 Å². The Labute approximate surface area is 124 Å². The van der Waals surface area contributed by atoms with Crippen LogP contribution in [0.25, 0.3) is 0 Å². The Morgan fingerprint density at radius 1 is 1.29 bits per heavy atom. The maximum Gasteiger partial charge on any atom is 0.242 e. The van der Waals surface area contributed by atoms with Gasteiger partial charge in [0.2, 0.25) is 12.3 Å². The first kappa shape index (κ1) is 17.1. The first-order valence-electron chi connectivity index (χ1n) is 7.10. The predicted molar refractivity (Wildman–Crippen MR) is 79.3 cm³/mol. The van der Waals surface area contributed by atoms with Gasteiger partial charge in [0, 0.05) is 13.0 Å². The fraction of sp³-hybridized carbons (Fsp3) is 0.467. The summed E-state index contributed by atoms with van der Waals surface area (Å²) in [6, 6.07) is 5.23. The molecule has 0 radical (unpaired) electrons. The molecule has 1 aromatic rings. The van der Waals surface area contributed by atoms with E-state index in [0.29, 0.717) is 19.4 Å². The van der Waals surface area contributed by atoms with Crippen LogP contribution < -0.4 is 16.0 Å². The molecule has 0 unspecified atom stereocenters. The zero-order valence-corrected chi connectivity index (χ0v) is 12.2. The SMILES string of the molecule is CCNCCCNC(=O)[C@H](Cc1ccc(F)cc1)NC=O. The van der Waals surface area contributed by atoms with Crippen LogP contribution in [0.3, 0.4) is 0 Å². The molecule has 0 aliphatic heterocycles. The van der Waals surface area contributed by atoms with Crippen molar-refractivity contribution in [3.05, 3.63) is 35.6 Å². The Balaban J connectivity index is 2.45. The van der Waals surface area contributed by atoms with Gasteiger partial charge in [-0.25, -0.2) is 4.39 Å². The quantitative estimate of drug-likeness (QED) is 0.437. The summed E-state index contributed by atoms with van der Waals surface area (Å²) in [7, 11) is 0. The van der Waals surface area contributed by atoms with E-state index in [-0.39, 0.29) is 11.7 Å². The van der Waals surface area contributed by atoms with Crippen LogP contribution in [0.1, 0.15) is 18.9 Å². The molecule has 21 heavy (non-hydrogen) atoms. The van der Waals surface area contributed by atoms with E-state index in [4.69, 9.17) is 0 Å². The molecule has 1 rings (SSSR count). The van der Waals surface area contributed by atoms with Gasteiger partial charge in [0.05, 0.1) is 0 Å². The van der Waals surface area contributed by atoms with Crippen molar-refractivity contribution >= 4 is 12.3 Å². The Bertz CT molecular complexity index is 437. The summed E-state index contributed by atoms with van der Waals surface area (Å²) in [6.45, 7) is 4.30. The highest BCUT2D eigenvalue weighted by Crippen LogP contribution is 2.06. The maximum absolute atomic E-state index is 12.8. The molecular weight excluding hydrogens is 273 g/mol. The highest BCUT2D eigenvalue weighted by atomic mass is 19.1. The van der Waals surface area contributed by atoms with Crippen LogP contribution in [0.2, 0.25) is 0 Å². The van der Waals surface area contributed by atoms with E-state index >= 15 is 0 Å². The third kappa shape index (κ3) is 6.85. The molecule has 0 bridgehead atoms. The number of benzene rings is 1. The van der Waals surface area contributed by atoms with Gasteiger partial charge < -0.3 is 16.0 Å². The Hall–Kier alpha value is -1.95. The van der Waals surface area contributed by atoms with Gasteiger partial charge in [-0.15, -0.1) is 0 Å². The van der Waals surface area contributed by atoms with Gasteiger partial charge in [0.1, 0.15) is 11.9 Å². The average Bonchev–Trinajstić information content (AvgIpc) is 2.48. The van der Waals surface area contributed by atoms with Crippen molar-refractivity contribution in [1.82, 2.24) is 16.0 Å². The average molecular weight is 295 g/mol. The number of carbonyl (C=O) groups excluding carboxylic acids is 2. The minimum absolute atomic E-state index is 0.233. The minimum Gasteiger partial charge on any atom is -0.354 e. The van der Waals surface area contributed by atoms with Gasteiger partial charge in [-0.3, -0.25) is 9.59 Å². The molecule has 2 amide bonds. The van der Waals surface area contributed by atoms with Gasteiger partial charge in [-0.05, 0) is 37.2 Å². The van der Waals surface area contributed by atoms with Crippen molar-refractivity contribution < 1.29 is 14.0 Å². The van der Waals surface area contributed by atoms with E-state index in [0.717, 1.165) is 25.1 Å². The van der Waals surface area contributed by atoms with Crippen LogP contribution in [-0.2, 0) is 16.0 Å². The molecule has 1 atom stereocenters. The summed E-state index contributed by atoms with van der Waals surface area (Å²) in [5, 5.41) is 8.44. The highest BCUT2D eigenvalue weighted by Gasteiger charge is 2.17. The summed E-state index contributed by atoms with van der Waals surface area (Å²) in [5.74, 6) is -0.561. The molecule has 0 heterocycles. The second-order valence-corrected chi connectivity index (χ2v) is 4.67. The van der Waals surface area contributed by atoms with Crippen LogP contribution in [0, 0.1) is 5.82 Å². The number of hydrogen-bond acceptors (Lipinski definition) is 3. The molecule has 0 aliphatic carbocycles. The van der Waals surface area contributed by atoms with Gasteiger partial charge in [-0.2, -0.15) is 0 Å². The fourth-order valence-electron chi connectivity index (χ4n) is 1.89. The van der Waals surface area contributed by atoms with Crippen LogP contribution in [-0.4, -0.2) is 38.0 Å². The Morgan fingerprint density at radius 2 is 2.00 bits per heavy atom. The molecule has 0 aromatic heterocycles. The van der Waals surface area contributed by atoms with Crippen molar-refractivity contribution in [2.75, 3.05) is 19.6 Å². The standard InChI is InChI=1S/C15H22FN3O2/c1-2-17-8-3-9-18-15(21)14(19-11-20)10-12-4-6-13(16)7-5-12/h4-7,11,14,17H,2-3,8-10H2,1H3,(H,18,21)(H,19,20)/t14-/m0/s1. The molecule has 3 N–H and O–H groups in total. The summed E-state index contributed by atoms with van der Waals surface area (Å²) >= 11 is 0. The maximum atomic E-state index is 12.8. The Morgan fingerprint density at radius 3 is 2.62 bits per heavy atom. The number of rotatable bonds is 10. The zero-order chi connectivity index (χ0) is 15.5. The summed E-state index contributed by atoms with van der Waals surface area (Å²) in [4.78, 5) is 22.6. The van der Waals surface area contributed by atoms with Crippen LogP contribution >= 0.6 is 0 Å². The van der Waals surface area contributed by atoms with Gasteiger partial charge in [0.25, 0.3) is 0 Å². The largest absolute Gasteiger partial charge is 0.354 e. The van der Waals surface area contributed by atoms with E-state index in [1.54, 1.807) is 12.1 Å². The second kappa shape index (κ2) is 9.88. The molecule has 1 aromatic carbocycles. The monoisotopic (exact) mass is 295 g/mol. The van der Waals surface area contributed by atoms with E-state index in [9.17, 15) is 14.0 Å². The molecule has 0 aliphatic rings. The molecule has 116 valence electrons. The first-order chi connectivity index (χ1) is 10.2. The normalized spacial score (nSPS) is 11.7. The molecule has 0 fully saturated rings. The highest BCUT2D eigenvalue weighted by molar-refractivity contribution is 5.83. The smallest absolute Gasteiger partial charge is 0.242 e. The molecule has 0 spiro atoms. The van der Waals surface area contributed by atoms with Gasteiger partial charge in [-0.1, -0.05) is 19.1 Å². The lowest BCUT2D eigenvalue weighted by Crippen LogP contribution is -2.45. The van der Waals surface area contributed by atoms with Crippen LogP contribution in [0.15, 0.2) is 24.3 Å². The first-order valence-corrected chi connectivity index (χ1v) is 7.10. The lowest BCUT2D eigenvalue weighted by molar-refractivity contribution is -0.125. The third-order valence-corrected chi connectivity index (χ3v) is 3.02. The second-order valence-electron chi connectivity index (χ2n) is 4.67. The number of amides is 2. The molecule has 6 heteroatoms. The molecule has 0 saturated carbocycles. The van der Waals surface area contributed by atoms with Crippen LogP contribution in [0.4, 0.5) is 4.39 Å². The minimum atomic E-state index is -0.646. The molecule has 0 saturated heterocycles.